The summed E-state index contributed by atoms with van der Waals surface area (Å²) in [6.07, 6.45) is 0. The number of fused-ring (bicyclic) bond motifs is 1. The van der Waals surface area contributed by atoms with E-state index in [1.807, 2.05) is 6.07 Å². The van der Waals surface area contributed by atoms with Crippen LogP contribution in [0.2, 0.25) is 5.02 Å². The first kappa shape index (κ1) is 14.1. The highest BCUT2D eigenvalue weighted by molar-refractivity contribution is 9.10. The minimum atomic E-state index is -0.214. The van der Waals surface area contributed by atoms with Crippen LogP contribution in [0.4, 0.5) is 0 Å². The van der Waals surface area contributed by atoms with Gasteiger partial charge in [-0.1, -0.05) is 23.7 Å². The Balaban J connectivity index is 2.36. The summed E-state index contributed by atoms with van der Waals surface area (Å²) in [7, 11) is 1.54. The third-order valence-corrected chi connectivity index (χ3v) is 4.05. The molecule has 3 rings (SSSR count). The van der Waals surface area contributed by atoms with Gasteiger partial charge in [-0.15, -0.1) is 0 Å². The van der Waals surface area contributed by atoms with Crippen molar-refractivity contribution in [1.29, 1.82) is 0 Å². The highest BCUT2D eigenvalue weighted by atomic mass is 79.9. The molecule has 0 saturated heterocycles. The smallest absolute Gasteiger partial charge is 0.259 e. The molecule has 0 spiro atoms. The van der Waals surface area contributed by atoms with E-state index < -0.39 is 0 Å². The van der Waals surface area contributed by atoms with Crippen LogP contribution in [-0.4, -0.2) is 17.1 Å². The predicted molar refractivity (Wildman–Crippen MR) is 87.1 cm³/mol. The fourth-order valence-corrected chi connectivity index (χ4v) is 2.89. The lowest BCUT2D eigenvalue weighted by atomic mass is 10.1. The molecule has 4 nitrogen and oxygen atoms in total. The fourth-order valence-electron chi connectivity index (χ4n) is 2.16. The lowest BCUT2D eigenvalue weighted by Crippen LogP contribution is -2.10. The second-order valence-corrected chi connectivity index (χ2v) is 5.63. The van der Waals surface area contributed by atoms with E-state index in [0.29, 0.717) is 33.1 Å². The Kier molecular flexibility index (Phi) is 3.69. The Labute approximate surface area is 133 Å². The standard InChI is InChI=1S/C15H10BrClN2O2/c1-21-13-9(16)6-7-10(17)12(13)14-18-11-5-3-2-4-8(11)15(20)19-14/h2-7H,1H3,(H,18,19,20). The average Bonchev–Trinajstić information content (AvgIpc) is 2.49. The van der Waals surface area contributed by atoms with E-state index in [-0.39, 0.29) is 5.56 Å². The van der Waals surface area contributed by atoms with Gasteiger partial charge in [-0.05, 0) is 40.2 Å². The molecule has 0 saturated carbocycles. The van der Waals surface area contributed by atoms with Gasteiger partial charge in [-0.2, -0.15) is 0 Å². The zero-order valence-corrected chi connectivity index (χ0v) is 13.3. The van der Waals surface area contributed by atoms with Gasteiger partial charge < -0.3 is 9.72 Å². The van der Waals surface area contributed by atoms with E-state index >= 15 is 0 Å². The van der Waals surface area contributed by atoms with Gasteiger partial charge >= 0.3 is 0 Å². The molecular weight excluding hydrogens is 356 g/mol. The summed E-state index contributed by atoms with van der Waals surface area (Å²) in [5.41, 5.74) is 0.944. The molecule has 0 unspecified atom stereocenters. The van der Waals surface area contributed by atoms with Crippen LogP contribution in [0, 0.1) is 0 Å². The Morgan fingerprint density at radius 2 is 2.00 bits per heavy atom. The molecule has 1 heterocycles. The van der Waals surface area contributed by atoms with Crippen molar-refractivity contribution in [2.75, 3.05) is 7.11 Å². The molecule has 0 atom stereocenters. The molecule has 106 valence electrons. The molecule has 21 heavy (non-hydrogen) atoms. The van der Waals surface area contributed by atoms with E-state index in [0.717, 1.165) is 4.47 Å². The number of ether oxygens (including phenoxy) is 1. The Bertz CT molecular complexity index is 892. The fraction of sp³-hybridized carbons (Fsp3) is 0.0667. The second-order valence-electron chi connectivity index (χ2n) is 4.37. The molecule has 0 bridgehead atoms. The van der Waals surface area contributed by atoms with E-state index in [4.69, 9.17) is 16.3 Å². The van der Waals surface area contributed by atoms with Crippen LogP contribution in [0.5, 0.6) is 5.75 Å². The minimum Gasteiger partial charge on any atom is -0.495 e. The predicted octanol–water partition coefficient (Wildman–Crippen LogP) is 4.01. The van der Waals surface area contributed by atoms with Crippen LogP contribution >= 0.6 is 27.5 Å². The van der Waals surface area contributed by atoms with Crippen molar-refractivity contribution in [3.05, 3.63) is 56.2 Å². The zero-order valence-electron chi connectivity index (χ0n) is 11.0. The maximum absolute atomic E-state index is 12.2. The number of nitrogens with one attached hydrogen (secondary N) is 1. The van der Waals surface area contributed by atoms with Crippen molar-refractivity contribution in [1.82, 2.24) is 9.97 Å². The Hall–Kier alpha value is -1.85. The highest BCUT2D eigenvalue weighted by Crippen LogP contribution is 2.39. The zero-order chi connectivity index (χ0) is 15.0. The van der Waals surface area contributed by atoms with Gasteiger partial charge in [0.2, 0.25) is 0 Å². The summed E-state index contributed by atoms with van der Waals surface area (Å²) in [4.78, 5) is 19.4. The molecule has 1 aromatic heterocycles. The van der Waals surface area contributed by atoms with Gasteiger partial charge in [-0.3, -0.25) is 4.79 Å². The second kappa shape index (κ2) is 5.50. The monoisotopic (exact) mass is 364 g/mol. The number of rotatable bonds is 2. The highest BCUT2D eigenvalue weighted by Gasteiger charge is 2.17. The number of aromatic nitrogens is 2. The number of hydrogen-bond donors (Lipinski definition) is 1. The SMILES string of the molecule is COc1c(Br)ccc(Cl)c1-c1nc2ccccc2c(=O)[nH]1. The number of benzene rings is 2. The Morgan fingerprint density at radius 1 is 1.24 bits per heavy atom. The molecular formula is C15H10BrClN2O2. The third kappa shape index (κ3) is 2.43. The normalized spacial score (nSPS) is 10.8. The molecule has 0 radical (unpaired) electrons. The van der Waals surface area contributed by atoms with Crippen molar-refractivity contribution in [3.8, 4) is 17.1 Å². The van der Waals surface area contributed by atoms with Gasteiger partial charge in [0, 0.05) is 0 Å². The van der Waals surface area contributed by atoms with E-state index in [1.165, 1.54) is 0 Å². The van der Waals surface area contributed by atoms with Crippen molar-refractivity contribution < 1.29 is 4.74 Å². The first-order chi connectivity index (χ1) is 10.1. The number of aromatic amines is 1. The van der Waals surface area contributed by atoms with Crippen LogP contribution in [0.3, 0.4) is 0 Å². The van der Waals surface area contributed by atoms with Crippen LogP contribution in [0.1, 0.15) is 0 Å². The largest absolute Gasteiger partial charge is 0.495 e. The summed E-state index contributed by atoms with van der Waals surface area (Å²) in [6.45, 7) is 0. The summed E-state index contributed by atoms with van der Waals surface area (Å²) in [5.74, 6) is 0.905. The first-order valence-electron chi connectivity index (χ1n) is 6.13. The summed E-state index contributed by atoms with van der Waals surface area (Å²) in [6, 6.07) is 10.6. The third-order valence-electron chi connectivity index (χ3n) is 3.11. The molecule has 0 aliphatic carbocycles. The molecule has 0 amide bonds. The molecule has 0 aliphatic rings. The van der Waals surface area contributed by atoms with Crippen LogP contribution in [0.15, 0.2) is 45.7 Å². The van der Waals surface area contributed by atoms with Crippen LogP contribution < -0.4 is 10.3 Å². The van der Waals surface area contributed by atoms with E-state index in [9.17, 15) is 4.79 Å². The van der Waals surface area contributed by atoms with Crippen molar-refractivity contribution >= 4 is 38.4 Å². The van der Waals surface area contributed by atoms with Crippen molar-refractivity contribution in [2.45, 2.75) is 0 Å². The molecule has 0 aliphatic heterocycles. The molecule has 2 aromatic carbocycles. The number of halogens is 2. The molecule has 0 fully saturated rings. The van der Waals surface area contributed by atoms with Crippen molar-refractivity contribution in [3.63, 3.8) is 0 Å². The quantitative estimate of drug-likeness (QED) is 0.746. The van der Waals surface area contributed by atoms with Crippen molar-refractivity contribution in [2.24, 2.45) is 0 Å². The summed E-state index contributed by atoms with van der Waals surface area (Å²) < 4.78 is 6.11. The molecule has 6 heteroatoms. The maximum Gasteiger partial charge on any atom is 0.259 e. The average molecular weight is 366 g/mol. The number of nitrogens with zero attached hydrogens (tertiary/aromatic N) is 1. The van der Waals surface area contributed by atoms with Gasteiger partial charge in [0.1, 0.15) is 11.6 Å². The number of methoxy groups -OCH3 is 1. The first-order valence-corrected chi connectivity index (χ1v) is 7.30. The van der Waals surface area contributed by atoms with Gasteiger partial charge in [0.05, 0.1) is 33.1 Å². The number of para-hydroxylation sites is 1. The lowest BCUT2D eigenvalue weighted by Gasteiger charge is -2.12. The van der Waals surface area contributed by atoms with Gasteiger partial charge in [-0.25, -0.2) is 4.98 Å². The maximum atomic E-state index is 12.2. The summed E-state index contributed by atoms with van der Waals surface area (Å²) >= 11 is 9.66. The molecule has 1 N–H and O–H groups in total. The number of H-pyrrole nitrogens is 1. The van der Waals surface area contributed by atoms with E-state index in [2.05, 4.69) is 25.9 Å². The Morgan fingerprint density at radius 3 is 2.76 bits per heavy atom. The van der Waals surface area contributed by atoms with E-state index in [1.54, 1.807) is 37.4 Å². The van der Waals surface area contributed by atoms with Gasteiger partial charge in [0.15, 0.2) is 0 Å². The lowest BCUT2D eigenvalue weighted by molar-refractivity contribution is 0.413. The van der Waals surface area contributed by atoms with Crippen LogP contribution in [-0.2, 0) is 0 Å². The topological polar surface area (TPSA) is 55.0 Å². The minimum absolute atomic E-state index is 0.214. The molecule has 3 aromatic rings. The summed E-state index contributed by atoms with van der Waals surface area (Å²) in [5, 5.41) is 0.986. The van der Waals surface area contributed by atoms with Gasteiger partial charge in [0.25, 0.3) is 5.56 Å². The van der Waals surface area contributed by atoms with Crippen LogP contribution in [0.25, 0.3) is 22.3 Å². The number of hydrogen-bond acceptors (Lipinski definition) is 3.